The third kappa shape index (κ3) is 4.29. The van der Waals surface area contributed by atoms with Crippen molar-refractivity contribution in [3.05, 3.63) is 47.9 Å². The number of aliphatic hydroxyl groups excluding tert-OH is 1. The Morgan fingerprint density at radius 2 is 2.32 bits per heavy atom. The highest BCUT2D eigenvalue weighted by molar-refractivity contribution is 7.98. The summed E-state index contributed by atoms with van der Waals surface area (Å²) in [5.74, 6) is 2.57. The van der Waals surface area contributed by atoms with Crippen LogP contribution >= 0.6 is 11.8 Å². The molecule has 0 unspecified atom stereocenters. The number of hydrogen-bond acceptors (Lipinski definition) is 4. The molecule has 0 aromatic carbocycles. The molecule has 0 aliphatic carbocycles. The first-order valence-corrected chi connectivity index (χ1v) is 7.42. The number of nitrogens with zero attached hydrogens (tertiary/aromatic N) is 2. The summed E-state index contributed by atoms with van der Waals surface area (Å²) >= 11 is 1.72. The van der Waals surface area contributed by atoms with Crippen LogP contribution in [0.4, 0.5) is 5.82 Å². The molecule has 102 valence electrons. The van der Waals surface area contributed by atoms with Gasteiger partial charge in [-0.2, -0.15) is 11.8 Å². The van der Waals surface area contributed by atoms with Gasteiger partial charge in [-0.15, -0.1) is 0 Å². The van der Waals surface area contributed by atoms with Crippen molar-refractivity contribution < 1.29 is 5.11 Å². The molecular weight excluding hydrogens is 258 g/mol. The summed E-state index contributed by atoms with van der Waals surface area (Å²) in [4.78, 5) is 4.32. The fourth-order valence-corrected chi connectivity index (χ4v) is 2.47. The summed E-state index contributed by atoms with van der Waals surface area (Å²) in [6.07, 6.45) is 3.86. The van der Waals surface area contributed by atoms with Crippen LogP contribution < -0.4 is 5.32 Å². The van der Waals surface area contributed by atoms with Gasteiger partial charge in [0.05, 0.1) is 13.2 Å². The van der Waals surface area contributed by atoms with Crippen LogP contribution in [0.15, 0.2) is 36.7 Å². The number of aromatic nitrogens is 2. The largest absolute Gasteiger partial charge is 0.396 e. The molecule has 0 atom stereocenters. The van der Waals surface area contributed by atoms with Crippen LogP contribution in [0.25, 0.3) is 0 Å². The first-order chi connectivity index (χ1) is 9.29. The number of aryl methyl sites for hydroxylation is 1. The van der Waals surface area contributed by atoms with E-state index in [1.54, 1.807) is 11.8 Å². The Bertz CT molecular complexity index is 513. The maximum atomic E-state index is 8.77. The molecule has 2 aromatic rings. The van der Waals surface area contributed by atoms with Crippen molar-refractivity contribution >= 4 is 17.6 Å². The monoisotopic (exact) mass is 277 g/mol. The molecule has 0 bridgehead atoms. The van der Waals surface area contributed by atoms with Crippen molar-refractivity contribution in [2.45, 2.75) is 12.3 Å². The van der Waals surface area contributed by atoms with Gasteiger partial charge in [0.2, 0.25) is 0 Å². The second-order valence-corrected chi connectivity index (χ2v) is 5.39. The van der Waals surface area contributed by atoms with E-state index < -0.39 is 0 Å². The number of rotatable bonds is 7. The number of pyridine rings is 1. The molecule has 0 aliphatic rings. The lowest BCUT2D eigenvalue weighted by molar-refractivity contribution is 0.322. The van der Waals surface area contributed by atoms with Crippen LogP contribution in [0.5, 0.6) is 0 Å². The van der Waals surface area contributed by atoms with E-state index >= 15 is 0 Å². The summed E-state index contributed by atoms with van der Waals surface area (Å²) in [5.41, 5.74) is 2.45. The number of aliphatic hydroxyl groups is 1. The highest BCUT2D eigenvalue weighted by Crippen LogP contribution is 2.15. The number of nitrogens with one attached hydrogen (secondary N) is 1. The highest BCUT2D eigenvalue weighted by atomic mass is 32.2. The van der Waals surface area contributed by atoms with Crippen molar-refractivity contribution in [2.24, 2.45) is 7.05 Å². The van der Waals surface area contributed by atoms with E-state index in [-0.39, 0.29) is 6.61 Å². The molecule has 19 heavy (non-hydrogen) atoms. The van der Waals surface area contributed by atoms with E-state index in [0.717, 1.165) is 23.9 Å². The van der Waals surface area contributed by atoms with Gasteiger partial charge in [-0.25, -0.2) is 4.98 Å². The lowest BCUT2D eigenvalue weighted by atomic mass is 10.3. The molecule has 0 fully saturated rings. The molecule has 2 N–H and O–H groups in total. The minimum Gasteiger partial charge on any atom is -0.396 e. The Kier molecular flexibility index (Phi) is 5.30. The lowest BCUT2D eigenvalue weighted by Gasteiger charge is -2.08. The fraction of sp³-hybridized carbons (Fsp3) is 0.357. The predicted octanol–water partition coefficient (Wildman–Crippen LogP) is 2.26. The van der Waals surface area contributed by atoms with Crippen molar-refractivity contribution in [2.75, 3.05) is 17.7 Å². The lowest BCUT2D eigenvalue weighted by Crippen LogP contribution is -2.05. The Morgan fingerprint density at radius 3 is 3.05 bits per heavy atom. The molecule has 2 heterocycles. The molecule has 4 nitrogen and oxygen atoms in total. The maximum Gasteiger partial charge on any atom is 0.126 e. The Hall–Kier alpha value is -1.46. The summed E-state index contributed by atoms with van der Waals surface area (Å²) in [5, 5.41) is 12.1. The summed E-state index contributed by atoms with van der Waals surface area (Å²) in [6.45, 7) is 0.998. The molecule has 0 spiro atoms. The van der Waals surface area contributed by atoms with Crippen LogP contribution in [0.2, 0.25) is 0 Å². The first kappa shape index (κ1) is 14.0. The smallest absolute Gasteiger partial charge is 0.126 e. The minimum absolute atomic E-state index is 0.231. The summed E-state index contributed by atoms with van der Waals surface area (Å²) in [7, 11) is 2.03. The molecule has 0 saturated heterocycles. The van der Waals surface area contributed by atoms with Crippen LogP contribution in [0.1, 0.15) is 11.3 Å². The van der Waals surface area contributed by atoms with Crippen molar-refractivity contribution in [1.29, 1.82) is 0 Å². The molecule has 5 heteroatoms. The summed E-state index contributed by atoms with van der Waals surface area (Å²) < 4.78 is 2.09. The van der Waals surface area contributed by atoms with Gasteiger partial charge in [0.25, 0.3) is 0 Å². The van der Waals surface area contributed by atoms with E-state index in [9.17, 15) is 0 Å². The van der Waals surface area contributed by atoms with E-state index in [4.69, 9.17) is 5.11 Å². The van der Waals surface area contributed by atoms with Crippen molar-refractivity contribution in [3.8, 4) is 0 Å². The molecule has 0 radical (unpaired) electrons. The minimum atomic E-state index is 0.231. The number of anilines is 1. The molecular formula is C14H19N3OS. The molecule has 2 aromatic heterocycles. The second kappa shape index (κ2) is 7.21. The van der Waals surface area contributed by atoms with Crippen LogP contribution in [-0.2, 0) is 19.3 Å². The van der Waals surface area contributed by atoms with Gasteiger partial charge < -0.3 is 15.0 Å². The fourth-order valence-electron chi connectivity index (χ4n) is 1.78. The van der Waals surface area contributed by atoms with Gasteiger partial charge in [-0.05, 0) is 29.8 Å². The summed E-state index contributed by atoms with van der Waals surface area (Å²) in [6, 6.07) is 8.20. The number of hydrogen-bond donors (Lipinski definition) is 2. The quantitative estimate of drug-likeness (QED) is 0.762. The van der Waals surface area contributed by atoms with E-state index in [1.165, 1.54) is 11.3 Å². The predicted molar refractivity (Wildman–Crippen MR) is 80.2 cm³/mol. The zero-order chi connectivity index (χ0) is 13.5. The molecule has 0 amide bonds. The molecule has 0 aliphatic heterocycles. The van der Waals surface area contributed by atoms with E-state index in [0.29, 0.717) is 0 Å². The van der Waals surface area contributed by atoms with Gasteiger partial charge in [-0.3, -0.25) is 0 Å². The Balaban J connectivity index is 1.90. The average Bonchev–Trinajstić information content (AvgIpc) is 2.83. The Labute approximate surface area is 117 Å². The maximum absolute atomic E-state index is 8.77. The van der Waals surface area contributed by atoms with Crippen molar-refractivity contribution in [1.82, 2.24) is 9.55 Å². The van der Waals surface area contributed by atoms with Gasteiger partial charge in [0, 0.05) is 36.6 Å². The number of thioether (sulfide) groups is 1. The second-order valence-electron chi connectivity index (χ2n) is 4.29. The van der Waals surface area contributed by atoms with Crippen LogP contribution in [0, 0.1) is 0 Å². The van der Waals surface area contributed by atoms with E-state index in [2.05, 4.69) is 27.0 Å². The third-order valence-electron chi connectivity index (χ3n) is 2.83. The van der Waals surface area contributed by atoms with Gasteiger partial charge in [-0.1, -0.05) is 0 Å². The highest BCUT2D eigenvalue weighted by Gasteiger charge is 2.00. The third-order valence-corrected chi connectivity index (χ3v) is 3.84. The molecule has 0 saturated carbocycles. The topological polar surface area (TPSA) is 50.1 Å². The van der Waals surface area contributed by atoms with Gasteiger partial charge in [0.1, 0.15) is 5.82 Å². The van der Waals surface area contributed by atoms with Crippen LogP contribution in [-0.4, -0.2) is 27.0 Å². The SMILES string of the molecule is Cn1cccc1CNc1cc(CSCCO)ccn1. The Morgan fingerprint density at radius 1 is 1.42 bits per heavy atom. The van der Waals surface area contributed by atoms with E-state index in [1.807, 2.05) is 31.6 Å². The normalized spacial score (nSPS) is 10.6. The zero-order valence-electron chi connectivity index (χ0n) is 11.0. The zero-order valence-corrected chi connectivity index (χ0v) is 11.9. The standard InChI is InChI=1S/C14H19N3OS/c1-17-6-2-3-13(17)10-16-14-9-12(4-5-15-14)11-19-8-7-18/h2-6,9,18H,7-8,10-11H2,1H3,(H,15,16). The van der Waals surface area contributed by atoms with Gasteiger partial charge >= 0.3 is 0 Å². The average molecular weight is 277 g/mol. The van der Waals surface area contributed by atoms with Crippen LogP contribution in [0.3, 0.4) is 0 Å². The van der Waals surface area contributed by atoms with Crippen molar-refractivity contribution in [3.63, 3.8) is 0 Å². The first-order valence-electron chi connectivity index (χ1n) is 6.27. The molecule has 2 rings (SSSR count). The van der Waals surface area contributed by atoms with Gasteiger partial charge in [0.15, 0.2) is 0 Å².